The first-order valence-electron chi connectivity index (χ1n) is 4.65. The number of thioether (sulfide) groups is 1. The van der Waals surface area contributed by atoms with Gasteiger partial charge in [0, 0.05) is 18.2 Å². The molecule has 1 fully saturated rings. The summed E-state index contributed by atoms with van der Waals surface area (Å²) in [6, 6.07) is -0.105. The molecular formula is C8H15N3O3S. The van der Waals surface area contributed by atoms with E-state index in [1.165, 1.54) is 0 Å². The molecule has 86 valence electrons. The molecule has 1 rings (SSSR count). The van der Waals surface area contributed by atoms with Gasteiger partial charge in [-0.15, -0.1) is 11.8 Å². The molecule has 15 heavy (non-hydrogen) atoms. The van der Waals surface area contributed by atoms with Crippen LogP contribution in [0.4, 0.5) is 0 Å². The topological polar surface area (TPSA) is 93.5 Å². The fraction of sp³-hybridized carbons (Fsp3) is 0.750. The maximum atomic E-state index is 11.4. The number of primary amides is 1. The van der Waals surface area contributed by atoms with Crippen molar-refractivity contribution in [3.05, 3.63) is 0 Å². The quantitative estimate of drug-likeness (QED) is 0.474. The second kappa shape index (κ2) is 6.65. The van der Waals surface area contributed by atoms with Crippen molar-refractivity contribution in [1.29, 1.82) is 0 Å². The smallest absolute Gasteiger partial charge is 0.243 e. The average Bonchev–Trinajstić information content (AvgIpc) is 2.69. The summed E-state index contributed by atoms with van der Waals surface area (Å²) in [4.78, 5) is 21.7. The molecule has 4 N–H and O–H groups in total. The van der Waals surface area contributed by atoms with Crippen LogP contribution >= 0.6 is 11.8 Å². The summed E-state index contributed by atoms with van der Waals surface area (Å²) < 4.78 is 4.89. The monoisotopic (exact) mass is 233 g/mol. The van der Waals surface area contributed by atoms with E-state index in [1.54, 1.807) is 11.8 Å². The Bertz CT molecular complexity index is 231. The molecule has 7 heteroatoms. The SMILES string of the molecule is NC(=O)COCCNC(=O)C1CSCN1. The second-order valence-electron chi connectivity index (χ2n) is 3.08. The van der Waals surface area contributed by atoms with Gasteiger partial charge in [0.15, 0.2) is 0 Å². The molecule has 0 radical (unpaired) electrons. The van der Waals surface area contributed by atoms with Crippen molar-refractivity contribution in [3.63, 3.8) is 0 Å². The molecule has 0 aromatic rings. The van der Waals surface area contributed by atoms with Gasteiger partial charge in [0.05, 0.1) is 12.6 Å². The third kappa shape index (κ3) is 5.01. The Morgan fingerprint density at radius 1 is 1.60 bits per heavy atom. The molecule has 1 aliphatic rings. The minimum Gasteiger partial charge on any atom is -0.370 e. The molecule has 1 atom stereocenters. The highest BCUT2D eigenvalue weighted by Crippen LogP contribution is 2.08. The Morgan fingerprint density at radius 2 is 2.40 bits per heavy atom. The van der Waals surface area contributed by atoms with Crippen molar-refractivity contribution in [3.8, 4) is 0 Å². The molecule has 0 aromatic carbocycles. The Labute approximate surface area is 92.3 Å². The number of hydrogen-bond acceptors (Lipinski definition) is 5. The van der Waals surface area contributed by atoms with Crippen molar-refractivity contribution in [2.45, 2.75) is 6.04 Å². The minimum atomic E-state index is -0.504. The van der Waals surface area contributed by atoms with Crippen LogP contribution in [0.15, 0.2) is 0 Å². The normalized spacial score (nSPS) is 20.1. The van der Waals surface area contributed by atoms with E-state index in [9.17, 15) is 9.59 Å². The number of carbonyl (C=O) groups is 2. The Kier molecular flexibility index (Phi) is 5.44. The molecular weight excluding hydrogens is 218 g/mol. The molecule has 1 unspecified atom stereocenters. The lowest BCUT2D eigenvalue weighted by atomic mass is 10.3. The summed E-state index contributed by atoms with van der Waals surface area (Å²) in [5.74, 6) is 1.09. The average molecular weight is 233 g/mol. The minimum absolute atomic E-state index is 0.0253. The zero-order valence-electron chi connectivity index (χ0n) is 8.32. The van der Waals surface area contributed by atoms with E-state index in [0.717, 1.165) is 11.6 Å². The summed E-state index contributed by atoms with van der Waals surface area (Å²) in [6.07, 6.45) is 0. The highest BCUT2D eigenvalue weighted by Gasteiger charge is 2.21. The second-order valence-corrected chi connectivity index (χ2v) is 4.11. The highest BCUT2D eigenvalue weighted by atomic mass is 32.2. The standard InChI is InChI=1S/C8H15N3O3S/c9-7(12)3-14-2-1-10-8(13)6-4-15-5-11-6/h6,11H,1-5H2,(H2,9,12)(H,10,13). The van der Waals surface area contributed by atoms with E-state index >= 15 is 0 Å². The first-order valence-corrected chi connectivity index (χ1v) is 5.80. The Morgan fingerprint density at radius 3 is 3.00 bits per heavy atom. The molecule has 1 saturated heterocycles. The predicted octanol–water partition coefficient (Wildman–Crippen LogP) is -1.73. The van der Waals surface area contributed by atoms with E-state index in [4.69, 9.17) is 10.5 Å². The lowest BCUT2D eigenvalue weighted by molar-refractivity contribution is -0.123. The van der Waals surface area contributed by atoms with E-state index in [1.807, 2.05) is 0 Å². The zero-order chi connectivity index (χ0) is 11.1. The zero-order valence-corrected chi connectivity index (χ0v) is 9.14. The van der Waals surface area contributed by atoms with Gasteiger partial charge in [-0.2, -0.15) is 0 Å². The van der Waals surface area contributed by atoms with Crippen LogP contribution in [0.2, 0.25) is 0 Å². The number of nitrogens with two attached hydrogens (primary N) is 1. The van der Waals surface area contributed by atoms with Crippen molar-refractivity contribution < 1.29 is 14.3 Å². The van der Waals surface area contributed by atoms with Crippen LogP contribution in [0.1, 0.15) is 0 Å². The lowest BCUT2D eigenvalue weighted by Gasteiger charge is -2.10. The van der Waals surface area contributed by atoms with Crippen LogP contribution in [-0.4, -0.2) is 49.2 Å². The predicted molar refractivity (Wildman–Crippen MR) is 57.3 cm³/mol. The van der Waals surface area contributed by atoms with E-state index < -0.39 is 5.91 Å². The van der Waals surface area contributed by atoms with E-state index in [0.29, 0.717) is 13.2 Å². The highest BCUT2D eigenvalue weighted by molar-refractivity contribution is 7.99. The van der Waals surface area contributed by atoms with Gasteiger partial charge in [0.25, 0.3) is 0 Å². The first kappa shape index (κ1) is 12.3. The van der Waals surface area contributed by atoms with Gasteiger partial charge in [0.2, 0.25) is 11.8 Å². The number of ether oxygens (including phenoxy) is 1. The van der Waals surface area contributed by atoms with Gasteiger partial charge in [-0.1, -0.05) is 0 Å². The number of carbonyl (C=O) groups excluding carboxylic acids is 2. The molecule has 1 aliphatic heterocycles. The lowest BCUT2D eigenvalue weighted by Crippen LogP contribution is -2.43. The van der Waals surface area contributed by atoms with Crippen molar-refractivity contribution in [2.24, 2.45) is 5.73 Å². The molecule has 1 heterocycles. The Balaban J connectivity index is 1.99. The molecule has 0 aromatic heterocycles. The summed E-state index contributed by atoms with van der Waals surface area (Å²) in [5, 5.41) is 5.76. The maximum Gasteiger partial charge on any atom is 0.243 e. The fourth-order valence-corrected chi connectivity index (χ4v) is 2.05. The van der Waals surface area contributed by atoms with Crippen molar-refractivity contribution >= 4 is 23.6 Å². The molecule has 0 spiro atoms. The van der Waals surface area contributed by atoms with Gasteiger partial charge in [-0.05, 0) is 0 Å². The van der Waals surface area contributed by atoms with Gasteiger partial charge in [-0.25, -0.2) is 0 Å². The molecule has 0 bridgehead atoms. The van der Waals surface area contributed by atoms with Crippen LogP contribution < -0.4 is 16.4 Å². The number of hydrogen-bond donors (Lipinski definition) is 3. The first-order chi connectivity index (χ1) is 7.20. The molecule has 6 nitrogen and oxygen atoms in total. The van der Waals surface area contributed by atoms with Gasteiger partial charge < -0.3 is 15.8 Å². The third-order valence-corrected chi connectivity index (χ3v) is 2.76. The number of rotatable bonds is 6. The van der Waals surface area contributed by atoms with Crippen LogP contribution in [-0.2, 0) is 14.3 Å². The van der Waals surface area contributed by atoms with Crippen LogP contribution in [0.25, 0.3) is 0 Å². The summed E-state index contributed by atoms with van der Waals surface area (Å²) in [6.45, 7) is 0.594. The molecule has 0 aliphatic carbocycles. The fourth-order valence-electron chi connectivity index (χ4n) is 1.11. The van der Waals surface area contributed by atoms with Crippen molar-refractivity contribution in [2.75, 3.05) is 31.4 Å². The third-order valence-electron chi connectivity index (χ3n) is 1.82. The number of amides is 2. The Hall–Kier alpha value is -0.790. The summed E-state index contributed by atoms with van der Waals surface area (Å²) in [7, 11) is 0. The van der Waals surface area contributed by atoms with Crippen LogP contribution in [0.3, 0.4) is 0 Å². The largest absolute Gasteiger partial charge is 0.370 e. The van der Waals surface area contributed by atoms with Gasteiger partial charge >= 0.3 is 0 Å². The van der Waals surface area contributed by atoms with Crippen molar-refractivity contribution in [1.82, 2.24) is 10.6 Å². The molecule has 2 amide bonds. The van der Waals surface area contributed by atoms with Gasteiger partial charge in [0.1, 0.15) is 6.61 Å². The number of nitrogens with one attached hydrogen (secondary N) is 2. The van der Waals surface area contributed by atoms with Crippen LogP contribution in [0, 0.1) is 0 Å². The van der Waals surface area contributed by atoms with E-state index in [-0.39, 0.29) is 18.6 Å². The van der Waals surface area contributed by atoms with Crippen LogP contribution in [0.5, 0.6) is 0 Å². The summed E-state index contributed by atoms with van der Waals surface area (Å²) in [5.41, 5.74) is 4.87. The summed E-state index contributed by atoms with van der Waals surface area (Å²) >= 11 is 1.69. The molecule has 0 saturated carbocycles. The van der Waals surface area contributed by atoms with E-state index in [2.05, 4.69) is 10.6 Å². The maximum absolute atomic E-state index is 11.4. The van der Waals surface area contributed by atoms with Gasteiger partial charge in [-0.3, -0.25) is 14.9 Å².